The van der Waals surface area contributed by atoms with Crippen molar-refractivity contribution in [2.75, 3.05) is 5.43 Å². The fourth-order valence-corrected chi connectivity index (χ4v) is 1.19. The zero-order chi connectivity index (χ0) is 14.4. The Bertz CT molecular complexity index is 637. The standard InChI is InChI=1S/C10H5N5O4/c11-4-6(5-12)13-14-8-3-1-2-7(10(16)17)9(8)15(18)19/h1-3,14H,(H,16,17). The summed E-state index contributed by atoms with van der Waals surface area (Å²) in [7, 11) is 0. The number of hydrogen-bond acceptors (Lipinski definition) is 7. The fraction of sp³-hybridized carbons (Fsp3) is 0. The van der Waals surface area contributed by atoms with Gasteiger partial charge in [0.1, 0.15) is 23.4 Å². The third kappa shape index (κ3) is 3.01. The van der Waals surface area contributed by atoms with Crippen molar-refractivity contribution < 1.29 is 14.8 Å². The Morgan fingerprint density at radius 2 is 2.05 bits per heavy atom. The van der Waals surface area contributed by atoms with E-state index < -0.39 is 27.9 Å². The highest BCUT2D eigenvalue weighted by Gasteiger charge is 2.24. The van der Waals surface area contributed by atoms with Gasteiger partial charge in [0.05, 0.1) is 4.92 Å². The van der Waals surface area contributed by atoms with Crippen LogP contribution in [0.3, 0.4) is 0 Å². The molecule has 0 atom stereocenters. The van der Waals surface area contributed by atoms with Gasteiger partial charge in [0.2, 0.25) is 5.71 Å². The summed E-state index contributed by atoms with van der Waals surface area (Å²) >= 11 is 0. The van der Waals surface area contributed by atoms with E-state index in [0.717, 1.165) is 6.07 Å². The lowest BCUT2D eigenvalue weighted by molar-refractivity contribution is -0.384. The molecule has 0 amide bonds. The van der Waals surface area contributed by atoms with Crippen molar-refractivity contribution in [1.82, 2.24) is 0 Å². The van der Waals surface area contributed by atoms with Crippen LogP contribution in [0.25, 0.3) is 0 Å². The van der Waals surface area contributed by atoms with E-state index in [9.17, 15) is 14.9 Å². The van der Waals surface area contributed by atoms with E-state index in [1.807, 2.05) is 0 Å². The number of carbonyl (C=O) groups is 1. The van der Waals surface area contributed by atoms with Crippen LogP contribution in [-0.4, -0.2) is 21.7 Å². The van der Waals surface area contributed by atoms with Crippen molar-refractivity contribution in [3.8, 4) is 12.1 Å². The SMILES string of the molecule is N#CC(C#N)=NNc1cccc(C(=O)O)c1[N+](=O)[O-]. The maximum absolute atomic E-state index is 10.9. The summed E-state index contributed by atoms with van der Waals surface area (Å²) in [6, 6.07) is 6.44. The van der Waals surface area contributed by atoms with Gasteiger partial charge in [-0.2, -0.15) is 15.6 Å². The third-order valence-electron chi connectivity index (χ3n) is 1.95. The van der Waals surface area contributed by atoms with E-state index in [1.165, 1.54) is 24.3 Å². The van der Waals surface area contributed by atoms with Gasteiger partial charge in [-0.1, -0.05) is 6.07 Å². The Kier molecular flexibility index (Phi) is 4.11. The second kappa shape index (κ2) is 5.75. The second-order valence-corrected chi connectivity index (χ2v) is 3.06. The van der Waals surface area contributed by atoms with Gasteiger partial charge in [0.25, 0.3) is 0 Å². The van der Waals surface area contributed by atoms with Crippen molar-refractivity contribution in [2.45, 2.75) is 0 Å². The normalized spacial score (nSPS) is 8.74. The molecule has 0 unspecified atom stereocenters. The molecule has 0 radical (unpaired) electrons. The Labute approximate surface area is 106 Å². The van der Waals surface area contributed by atoms with Crippen molar-refractivity contribution in [1.29, 1.82) is 10.5 Å². The largest absolute Gasteiger partial charge is 0.477 e. The molecular formula is C10H5N5O4. The molecule has 1 rings (SSSR count). The van der Waals surface area contributed by atoms with Crippen LogP contribution in [0.5, 0.6) is 0 Å². The number of nitro benzene ring substituents is 1. The van der Waals surface area contributed by atoms with Gasteiger partial charge >= 0.3 is 11.7 Å². The van der Waals surface area contributed by atoms with Gasteiger partial charge in [-0.3, -0.25) is 15.5 Å². The predicted molar refractivity (Wildman–Crippen MR) is 62.3 cm³/mol. The highest BCUT2D eigenvalue weighted by molar-refractivity contribution is 6.10. The number of anilines is 1. The number of nitrogens with zero attached hydrogens (tertiary/aromatic N) is 4. The number of rotatable bonds is 4. The molecule has 0 saturated heterocycles. The molecule has 9 nitrogen and oxygen atoms in total. The van der Waals surface area contributed by atoms with Crippen LogP contribution in [0.15, 0.2) is 23.3 Å². The van der Waals surface area contributed by atoms with Crippen LogP contribution < -0.4 is 5.43 Å². The number of hydrogen-bond donors (Lipinski definition) is 2. The van der Waals surface area contributed by atoms with Gasteiger partial charge < -0.3 is 5.11 Å². The summed E-state index contributed by atoms with van der Waals surface area (Å²) in [6.07, 6.45) is 0. The molecule has 0 aromatic heterocycles. The minimum Gasteiger partial charge on any atom is -0.477 e. The molecule has 94 valence electrons. The second-order valence-electron chi connectivity index (χ2n) is 3.06. The minimum absolute atomic E-state index is 0.229. The molecule has 1 aromatic carbocycles. The molecule has 0 aliphatic carbocycles. The quantitative estimate of drug-likeness (QED) is 0.466. The molecule has 0 fully saturated rings. The first kappa shape index (κ1) is 13.6. The summed E-state index contributed by atoms with van der Waals surface area (Å²) in [6.45, 7) is 0. The number of nitriles is 2. The van der Waals surface area contributed by atoms with Gasteiger partial charge in [-0.15, -0.1) is 0 Å². The van der Waals surface area contributed by atoms with Crippen LogP contribution in [0.2, 0.25) is 0 Å². The zero-order valence-electron chi connectivity index (χ0n) is 9.19. The number of benzene rings is 1. The molecule has 0 bridgehead atoms. The number of para-hydroxylation sites is 1. The number of nitrogens with one attached hydrogen (secondary N) is 1. The van der Waals surface area contributed by atoms with Crippen LogP contribution in [-0.2, 0) is 0 Å². The van der Waals surface area contributed by atoms with Crippen LogP contribution in [0.4, 0.5) is 11.4 Å². The lowest BCUT2D eigenvalue weighted by Gasteiger charge is -2.04. The van der Waals surface area contributed by atoms with E-state index in [0.29, 0.717) is 0 Å². The molecule has 2 N–H and O–H groups in total. The first-order valence-corrected chi connectivity index (χ1v) is 4.65. The predicted octanol–water partition coefficient (Wildman–Crippen LogP) is 1.11. The van der Waals surface area contributed by atoms with Gasteiger partial charge in [0, 0.05) is 0 Å². The number of hydrazone groups is 1. The highest BCUT2D eigenvalue weighted by Crippen LogP contribution is 2.28. The highest BCUT2D eigenvalue weighted by atomic mass is 16.6. The Morgan fingerprint density at radius 3 is 2.53 bits per heavy atom. The molecule has 0 saturated carbocycles. The van der Waals surface area contributed by atoms with E-state index in [4.69, 9.17) is 15.6 Å². The number of nitro groups is 1. The molecule has 19 heavy (non-hydrogen) atoms. The molecule has 1 aromatic rings. The molecule has 0 spiro atoms. The zero-order valence-corrected chi connectivity index (χ0v) is 9.19. The average molecular weight is 259 g/mol. The number of carboxylic acid groups (broad SMARTS) is 1. The van der Waals surface area contributed by atoms with Crippen molar-refractivity contribution >= 4 is 23.1 Å². The summed E-state index contributed by atoms with van der Waals surface area (Å²) in [5.74, 6) is -1.47. The Hall–Kier alpha value is -3.46. The Balaban J connectivity index is 3.31. The molecule has 0 aliphatic heterocycles. The van der Waals surface area contributed by atoms with Crippen molar-refractivity contribution in [3.63, 3.8) is 0 Å². The van der Waals surface area contributed by atoms with Gasteiger partial charge in [0.15, 0.2) is 0 Å². The van der Waals surface area contributed by atoms with Crippen LogP contribution in [0, 0.1) is 32.8 Å². The summed E-state index contributed by atoms with van der Waals surface area (Å²) in [5.41, 5.74) is 0.128. The van der Waals surface area contributed by atoms with E-state index in [-0.39, 0.29) is 5.69 Å². The van der Waals surface area contributed by atoms with Crippen LogP contribution >= 0.6 is 0 Å². The van der Waals surface area contributed by atoms with Crippen LogP contribution in [0.1, 0.15) is 10.4 Å². The number of carboxylic acids is 1. The topological polar surface area (TPSA) is 152 Å². The maximum Gasteiger partial charge on any atom is 0.342 e. The smallest absolute Gasteiger partial charge is 0.342 e. The summed E-state index contributed by atoms with van der Waals surface area (Å²) in [4.78, 5) is 20.8. The molecule has 0 aliphatic rings. The monoisotopic (exact) mass is 259 g/mol. The van der Waals surface area contributed by atoms with Gasteiger partial charge in [-0.05, 0) is 12.1 Å². The molecule has 0 heterocycles. The maximum atomic E-state index is 10.9. The van der Waals surface area contributed by atoms with Gasteiger partial charge in [-0.25, -0.2) is 4.79 Å². The average Bonchev–Trinajstić information content (AvgIpc) is 2.39. The van der Waals surface area contributed by atoms with E-state index in [1.54, 1.807) is 0 Å². The first-order chi connectivity index (χ1) is 9.01. The van der Waals surface area contributed by atoms with E-state index in [2.05, 4.69) is 10.5 Å². The lowest BCUT2D eigenvalue weighted by Crippen LogP contribution is -2.06. The van der Waals surface area contributed by atoms with Crippen molar-refractivity contribution in [3.05, 3.63) is 33.9 Å². The van der Waals surface area contributed by atoms with E-state index >= 15 is 0 Å². The molecular weight excluding hydrogens is 254 g/mol. The molecule has 9 heteroatoms. The Morgan fingerprint density at radius 1 is 1.42 bits per heavy atom. The third-order valence-corrected chi connectivity index (χ3v) is 1.95. The first-order valence-electron chi connectivity index (χ1n) is 4.65. The summed E-state index contributed by atoms with van der Waals surface area (Å²) < 4.78 is 0. The lowest BCUT2D eigenvalue weighted by atomic mass is 10.1. The number of aromatic carboxylic acids is 1. The minimum atomic E-state index is -1.47. The summed E-state index contributed by atoms with van der Waals surface area (Å²) in [5, 5.41) is 39.9. The fourth-order valence-electron chi connectivity index (χ4n) is 1.19. The van der Waals surface area contributed by atoms with Crippen molar-refractivity contribution in [2.24, 2.45) is 5.10 Å².